The summed E-state index contributed by atoms with van der Waals surface area (Å²) in [4.78, 5) is 24.1. The molecular formula is C30H56IN3O5S. The molecule has 1 rings (SSSR count). The smallest absolute Gasteiger partial charge is 0.505 e. The third-order valence-electron chi connectivity index (χ3n) is 6.97. The summed E-state index contributed by atoms with van der Waals surface area (Å²) in [5.41, 5.74) is 1.08. The molecule has 8 nitrogen and oxygen atoms in total. The number of unbranched alkanes of at least 4 members (excludes halogenated alkanes) is 15. The van der Waals surface area contributed by atoms with Crippen LogP contribution in [0.1, 0.15) is 122 Å². The summed E-state index contributed by atoms with van der Waals surface area (Å²) in [5, 5.41) is 8.23. The van der Waals surface area contributed by atoms with E-state index in [0.717, 1.165) is 30.2 Å². The van der Waals surface area contributed by atoms with Crippen LogP contribution in [0.3, 0.4) is 0 Å². The molecule has 0 radical (unpaired) electrons. The first kappa shape index (κ1) is 38.9. The summed E-state index contributed by atoms with van der Waals surface area (Å²) in [7, 11) is 1.50. The summed E-state index contributed by atoms with van der Waals surface area (Å²) < 4.78 is 17.7. The molecule has 0 spiro atoms. The molecule has 0 aromatic carbocycles. The first-order chi connectivity index (χ1) is 19.0. The molecule has 1 unspecified atom stereocenters. The first-order valence-electron chi connectivity index (χ1n) is 15.4. The van der Waals surface area contributed by atoms with E-state index >= 15 is 0 Å². The molecule has 2 amide bonds. The number of nitrogens with zero attached hydrogens (tertiary/aromatic N) is 1. The molecule has 2 N–H and O–H groups in total. The number of amides is 2. The average Bonchev–Trinajstić information content (AvgIpc) is 3.28. The topological polar surface area (TPSA) is 89.8 Å². The predicted molar refractivity (Wildman–Crippen MR) is 160 cm³/mol. The quantitative estimate of drug-likeness (QED) is 0.0911. The van der Waals surface area contributed by atoms with Crippen molar-refractivity contribution in [1.29, 1.82) is 0 Å². The normalized spacial score (nSPS) is 11.5. The number of thiazole rings is 1. The molecule has 0 saturated heterocycles. The van der Waals surface area contributed by atoms with Crippen LogP contribution in [-0.2, 0) is 20.8 Å². The molecule has 1 atom stereocenters. The van der Waals surface area contributed by atoms with E-state index in [1.165, 1.54) is 108 Å². The van der Waals surface area contributed by atoms with Crippen molar-refractivity contribution in [2.24, 2.45) is 0 Å². The Kier molecular flexibility index (Phi) is 26.0. The lowest BCUT2D eigenvalue weighted by Gasteiger charge is -2.15. The van der Waals surface area contributed by atoms with Crippen LogP contribution in [0.2, 0.25) is 0 Å². The number of halogens is 1. The fourth-order valence-electron chi connectivity index (χ4n) is 4.48. The summed E-state index contributed by atoms with van der Waals surface area (Å²) in [6.07, 6.45) is 19.6. The van der Waals surface area contributed by atoms with E-state index in [-0.39, 0.29) is 37.2 Å². The number of rotatable bonds is 24. The molecule has 1 aromatic rings. The average molecular weight is 698 g/mol. The van der Waals surface area contributed by atoms with Crippen LogP contribution in [0.25, 0.3) is 0 Å². The zero-order chi connectivity index (χ0) is 28.6. The van der Waals surface area contributed by atoms with Crippen molar-refractivity contribution in [3.05, 3.63) is 11.1 Å². The largest absolute Gasteiger partial charge is 1.00 e. The standard InChI is InChI=1S/C30H55N3O5S.HI/c1-5-7-8-9-10-11-12-13-14-15-16-17-18-19-20-21-22-31-29(34)37-23-27(36-4)24-38-30(35)32-28-33(6-2)26(3)25-39-28;/h25,27H,5-24H2,1-4H3,(H,31,34);1H. The van der Waals surface area contributed by atoms with E-state index < -0.39 is 18.3 Å². The monoisotopic (exact) mass is 697 g/mol. The van der Waals surface area contributed by atoms with Gasteiger partial charge in [-0.2, -0.15) is 10.1 Å². The number of anilines is 1. The minimum atomic E-state index is -0.561. The highest BCUT2D eigenvalue weighted by atomic mass is 127. The van der Waals surface area contributed by atoms with Gasteiger partial charge in [0.05, 0.1) is 6.54 Å². The molecule has 10 heteroatoms. The van der Waals surface area contributed by atoms with Crippen molar-refractivity contribution in [3.8, 4) is 0 Å². The molecule has 40 heavy (non-hydrogen) atoms. The highest BCUT2D eigenvalue weighted by Crippen LogP contribution is 2.14. The van der Waals surface area contributed by atoms with Gasteiger partial charge in [0.1, 0.15) is 25.0 Å². The Morgan fingerprint density at radius 1 is 0.800 bits per heavy atom. The van der Waals surface area contributed by atoms with Crippen LogP contribution in [0, 0.1) is 6.92 Å². The molecule has 0 bridgehead atoms. The molecule has 0 fully saturated rings. The lowest BCUT2D eigenvalue weighted by Crippen LogP contribution is -3.00. The Morgan fingerprint density at radius 2 is 1.27 bits per heavy atom. The van der Waals surface area contributed by atoms with Crippen LogP contribution in [0.15, 0.2) is 5.38 Å². The summed E-state index contributed by atoms with van der Waals surface area (Å²) in [5.74, 6) is 0. The Morgan fingerprint density at radius 3 is 1.75 bits per heavy atom. The van der Waals surface area contributed by atoms with Crippen LogP contribution in [-0.4, -0.2) is 45.2 Å². The Bertz CT molecular complexity index is 766. The number of hydrogen-bond acceptors (Lipinski definition) is 6. The van der Waals surface area contributed by atoms with E-state index in [4.69, 9.17) is 14.2 Å². The second-order valence-electron chi connectivity index (χ2n) is 10.3. The number of carbonyl (C=O) groups excluding carboxylic acids is 2. The predicted octanol–water partition coefficient (Wildman–Crippen LogP) is 4.92. The number of carbonyl (C=O) groups is 2. The van der Waals surface area contributed by atoms with Gasteiger partial charge in [-0.3, -0.25) is 0 Å². The number of hydrogen-bond donors (Lipinski definition) is 2. The van der Waals surface area contributed by atoms with Gasteiger partial charge in [0.25, 0.3) is 0 Å². The number of aryl methyl sites for hydroxylation is 1. The molecule has 234 valence electrons. The zero-order valence-electron chi connectivity index (χ0n) is 25.6. The fraction of sp³-hybridized carbons (Fsp3) is 0.833. The Labute approximate surface area is 264 Å². The molecule has 1 heterocycles. The lowest BCUT2D eigenvalue weighted by molar-refractivity contribution is -0.681. The summed E-state index contributed by atoms with van der Waals surface area (Å²) in [6, 6.07) is 0. The zero-order valence-corrected chi connectivity index (χ0v) is 28.5. The summed E-state index contributed by atoms with van der Waals surface area (Å²) >= 11 is 1.45. The first-order valence-corrected chi connectivity index (χ1v) is 16.2. The van der Waals surface area contributed by atoms with Gasteiger partial charge >= 0.3 is 17.3 Å². The highest BCUT2D eigenvalue weighted by Gasteiger charge is 2.21. The third-order valence-corrected chi connectivity index (χ3v) is 7.98. The van der Waals surface area contributed by atoms with Crippen LogP contribution in [0.5, 0.6) is 0 Å². The van der Waals surface area contributed by atoms with Gasteiger partial charge in [-0.1, -0.05) is 115 Å². The molecule has 0 aliphatic rings. The van der Waals surface area contributed by atoms with Crippen molar-refractivity contribution < 1.29 is 52.3 Å². The van der Waals surface area contributed by atoms with Crippen molar-refractivity contribution in [3.63, 3.8) is 0 Å². The number of aromatic nitrogens is 1. The van der Waals surface area contributed by atoms with Crippen LogP contribution < -0.4 is 39.2 Å². The van der Waals surface area contributed by atoms with E-state index in [1.54, 1.807) is 0 Å². The molecule has 0 aliphatic carbocycles. The maximum Gasteiger partial charge on any atom is 0.505 e. The number of methoxy groups -OCH3 is 1. The van der Waals surface area contributed by atoms with Gasteiger partial charge in [-0.05, 0) is 20.3 Å². The van der Waals surface area contributed by atoms with Gasteiger partial charge in [0.15, 0.2) is 0 Å². The Hall–Kier alpha value is -1.14. The van der Waals surface area contributed by atoms with Crippen LogP contribution >= 0.6 is 11.3 Å². The minimum Gasteiger partial charge on any atom is -1.00 e. The van der Waals surface area contributed by atoms with Gasteiger partial charge in [0, 0.05) is 19.0 Å². The SMILES string of the molecule is CCCCCCCCCCCCCCCCCCNC(=O)OCC(COC(=O)Nc1scc(C)[n+]1CC)OC.[I-]. The van der Waals surface area contributed by atoms with Crippen molar-refractivity contribution in [1.82, 2.24) is 5.32 Å². The number of nitrogens with one attached hydrogen (secondary N) is 2. The molecule has 1 aromatic heterocycles. The van der Waals surface area contributed by atoms with E-state index in [1.807, 2.05) is 23.8 Å². The van der Waals surface area contributed by atoms with Gasteiger partial charge in [0.2, 0.25) is 0 Å². The molecule has 0 saturated carbocycles. The maximum absolute atomic E-state index is 12.1. The number of ether oxygens (including phenoxy) is 3. The van der Waals surface area contributed by atoms with E-state index in [9.17, 15) is 9.59 Å². The maximum atomic E-state index is 12.1. The fourth-order valence-corrected chi connectivity index (χ4v) is 5.43. The second-order valence-corrected chi connectivity index (χ2v) is 11.2. The summed E-state index contributed by atoms with van der Waals surface area (Å²) in [6.45, 7) is 7.64. The number of alkyl carbamates (subject to hydrolysis) is 1. The van der Waals surface area contributed by atoms with Gasteiger partial charge < -0.3 is 43.5 Å². The van der Waals surface area contributed by atoms with Crippen molar-refractivity contribution in [2.75, 3.05) is 32.2 Å². The second kappa shape index (κ2) is 26.7. The minimum absolute atomic E-state index is 0. The highest BCUT2D eigenvalue weighted by molar-refractivity contribution is 7.13. The van der Waals surface area contributed by atoms with Crippen molar-refractivity contribution >= 4 is 28.7 Å². The van der Waals surface area contributed by atoms with Gasteiger partial charge in [-0.25, -0.2) is 9.36 Å². The Balaban J connectivity index is 0.0000152. The third kappa shape index (κ3) is 19.9. The van der Waals surface area contributed by atoms with E-state index in [0.29, 0.717) is 6.54 Å². The van der Waals surface area contributed by atoms with Crippen LogP contribution in [0.4, 0.5) is 14.7 Å². The lowest BCUT2D eigenvalue weighted by atomic mass is 10.0. The molecular weight excluding hydrogens is 641 g/mol. The van der Waals surface area contributed by atoms with E-state index in [2.05, 4.69) is 17.6 Å². The van der Waals surface area contributed by atoms with Crippen molar-refractivity contribution in [2.45, 2.75) is 136 Å². The van der Waals surface area contributed by atoms with Gasteiger partial charge in [-0.15, -0.1) is 0 Å². The molecule has 0 aliphatic heterocycles.